The molecule has 0 aliphatic rings. The van der Waals surface area contributed by atoms with E-state index >= 15 is 0 Å². The number of hydrogen-bond donors (Lipinski definition) is 0. The molecule has 0 heterocycles. The predicted molar refractivity (Wildman–Crippen MR) is 71.2 cm³/mol. The SMILES string of the molecule is Cc1cc(C)c(N(I)I)c(C)c1. The van der Waals surface area contributed by atoms with Gasteiger partial charge in [-0.1, -0.05) is 17.7 Å². The van der Waals surface area contributed by atoms with Crippen molar-refractivity contribution in [3.05, 3.63) is 28.8 Å². The molecule has 0 saturated heterocycles. The van der Waals surface area contributed by atoms with Gasteiger partial charge in [-0.25, -0.2) is 0 Å². The van der Waals surface area contributed by atoms with E-state index in [0.717, 1.165) is 0 Å². The van der Waals surface area contributed by atoms with Crippen LogP contribution < -0.4 is 1.33 Å². The van der Waals surface area contributed by atoms with Crippen LogP contribution in [0.4, 0.5) is 5.69 Å². The number of anilines is 1. The molecule has 0 aromatic heterocycles. The zero-order valence-corrected chi connectivity index (χ0v) is 11.7. The third-order valence-corrected chi connectivity index (χ3v) is 2.77. The monoisotopic (exact) mass is 387 g/mol. The second kappa shape index (κ2) is 4.13. The van der Waals surface area contributed by atoms with Gasteiger partial charge in [0.25, 0.3) is 0 Å². The number of rotatable bonds is 1. The Labute approximate surface area is 102 Å². The van der Waals surface area contributed by atoms with Gasteiger partial charge < -0.3 is 0 Å². The first-order valence-corrected chi connectivity index (χ1v) is 5.65. The first-order valence-electron chi connectivity index (χ1n) is 3.72. The van der Waals surface area contributed by atoms with E-state index in [2.05, 4.69) is 80.0 Å². The average molecular weight is 387 g/mol. The molecule has 0 amide bonds. The van der Waals surface area contributed by atoms with Gasteiger partial charge in [0.1, 0.15) is 0 Å². The van der Waals surface area contributed by atoms with E-state index < -0.39 is 0 Å². The minimum Gasteiger partial charge on any atom is -0.254 e. The van der Waals surface area contributed by atoms with Crippen LogP contribution in [0.15, 0.2) is 12.1 Å². The summed E-state index contributed by atoms with van der Waals surface area (Å²) in [5.41, 5.74) is 5.35. The molecule has 0 unspecified atom stereocenters. The van der Waals surface area contributed by atoms with Crippen molar-refractivity contribution in [1.29, 1.82) is 0 Å². The molecule has 0 fully saturated rings. The van der Waals surface area contributed by atoms with Crippen LogP contribution in [0.5, 0.6) is 0 Å². The number of hydrogen-bond acceptors (Lipinski definition) is 1. The van der Waals surface area contributed by atoms with Gasteiger partial charge in [0.2, 0.25) is 0 Å². The zero-order valence-electron chi connectivity index (χ0n) is 7.36. The summed E-state index contributed by atoms with van der Waals surface area (Å²) in [7, 11) is 0. The molecule has 0 atom stereocenters. The lowest BCUT2D eigenvalue weighted by Gasteiger charge is -2.14. The minimum atomic E-state index is 1.32. The van der Waals surface area contributed by atoms with Gasteiger partial charge in [-0.05, 0) is 31.9 Å². The lowest BCUT2D eigenvalue weighted by molar-refractivity contribution is 1.32. The quantitative estimate of drug-likeness (QED) is 0.518. The van der Waals surface area contributed by atoms with E-state index in [4.69, 9.17) is 0 Å². The van der Waals surface area contributed by atoms with Crippen molar-refractivity contribution in [1.82, 2.24) is 0 Å². The molecule has 0 saturated carbocycles. The van der Waals surface area contributed by atoms with E-state index in [0.29, 0.717) is 0 Å². The van der Waals surface area contributed by atoms with Gasteiger partial charge in [0.15, 0.2) is 0 Å². The minimum absolute atomic E-state index is 1.32. The fourth-order valence-corrected chi connectivity index (χ4v) is 2.96. The summed E-state index contributed by atoms with van der Waals surface area (Å²) in [6.45, 7) is 6.44. The van der Waals surface area contributed by atoms with Gasteiger partial charge in [-0.15, -0.1) is 0 Å². The van der Waals surface area contributed by atoms with Crippen LogP contribution in [0.1, 0.15) is 16.7 Å². The summed E-state index contributed by atoms with van der Waals surface area (Å²) >= 11 is 4.58. The molecular formula is C9H11I2N. The maximum atomic E-state index is 2.29. The van der Waals surface area contributed by atoms with Gasteiger partial charge in [-0.3, -0.25) is 1.33 Å². The molecular weight excluding hydrogens is 376 g/mol. The molecule has 0 radical (unpaired) electrons. The van der Waals surface area contributed by atoms with Crippen LogP contribution in [-0.2, 0) is 0 Å². The fraction of sp³-hybridized carbons (Fsp3) is 0.333. The molecule has 0 aliphatic carbocycles. The molecule has 12 heavy (non-hydrogen) atoms. The predicted octanol–water partition coefficient (Wildman–Crippen LogP) is 4.12. The van der Waals surface area contributed by atoms with Crippen molar-refractivity contribution >= 4 is 51.4 Å². The summed E-state index contributed by atoms with van der Waals surface area (Å²) in [5.74, 6) is 0. The Bertz CT molecular complexity index is 272. The first kappa shape index (κ1) is 10.6. The fourth-order valence-electron chi connectivity index (χ4n) is 1.44. The number of benzene rings is 1. The number of nitrogens with zero attached hydrogens (tertiary/aromatic N) is 1. The summed E-state index contributed by atoms with van der Waals surface area (Å²) in [6.07, 6.45) is 0. The molecule has 1 rings (SSSR count). The molecule has 0 aliphatic heterocycles. The molecule has 1 nitrogen and oxygen atoms in total. The highest BCUT2D eigenvalue weighted by Crippen LogP contribution is 2.31. The molecule has 3 heteroatoms. The highest BCUT2D eigenvalue weighted by molar-refractivity contribution is 14.2. The van der Waals surface area contributed by atoms with Crippen LogP contribution >= 0.6 is 45.7 Å². The van der Waals surface area contributed by atoms with Gasteiger partial charge in [-0.2, -0.15) is 0 Å². The Morgan fingerprint density at radius 1 is 1.00 bits per heavy atom. The molecule has 1 aromatic rings. The highest BCUT2D eigenvalue weighted by atomic mass is 127. The molecule has 1 aromatic carbocycles. The molecule has 66 valence electrons. The Balaban J connectivity index is 3.28. The van der Waals surface area contributed by atoms with Crippen molar-refractivity contribution in [2.75, 3.05) is 1.33 Å². The van der Waals surface area contributed by atoms with E-state index in [1.807, 2.05) is 0 Å². The van der Waals surface area contributed by atoms with Crippen LogP contribution in [0, 0.1) is 20.8 Å². The van der Waals surface area contributed by atoms with Crippen molar-refractivity contribution in [3.63, 3.8) is 0 Å². The van der Waals surface area contributed by atoms with E-state index in [-0.39, 0.29) is 0 Å². The standard InChI is InChI=1S/C9H11I2N/c1-6-4-7(2)9(12(10)11)8(3)5-6/h4-5H,1-3H3. The number of halogens is 2. The summed E-state index contributed by atoms with van der Waals surface area (Å²) < 4.78 is 2.11. The first-order chi connectivity index (χ1) is 5.52. The van der Waals surface area contributed by atoms with E-state index in [1.165, 1.54) is 22.4 Å². The van der Waals surface area contributed by atoms with Crippen molar-refractivity contribution in [2.24, 2.45) is 0 Å². The summed E-state index contributed by atoms with van der Waals surface area (Å²) in [4.78, 5) is 0. The topological polar surface area (TPSA) is 3.24 Å². The van der Waals surface area contributed by atoms with E-state index in [9.17, 15) is 0 Å². The largest absolute Gasteiger partial charge is 0.254 e. The Hall–Kier alpha value is 0.480. The normalized spacial score (nSPS) is 10.1. The van der Waals surface area contributed by atoms with Gasteiger partial charge >= 0.3 is 0 Å². The third-order valence-electron chi connectivity index (χ3n) is 1.80. The molecule has 0 bridgehead atoms. The van der Waals surface area contributed by atoms with Crippen LogP contribution in [-0.4, -0.2) is 0 Å². The van der Waals surface area contributed by atoms with Crippen LogP contribution in [0.25, 0.3) is 0 Å². The van der Waals surface area contributed by atoms with E-state index in [1.54, 1.807) is 0 Å². The summed E-state index contributed by atoms with van der Waals surface area (Å²) in [6, 6.07) is 4.43. The zero-order chi connectivity index (χ0) is 9.30. The van der Waals surface area contributed by atoms with Gasteiger partial charge in [0, 0.05) is 0 Å². The van der Waals surface area contributed by atoms with Crippen molar-refractivity contribution < 1.29 is 0 Å². The van der Waals surface area contributed by atoms with Crippen molar-refractivity contribution in [2.45, 2.75) is 20.8 Å². The van der Waals surface area contributed by atoms with Crippen LogP contribution in [0.3, 0.4) is 0 Å². The van der Waals surface area contributed by atoms with Crippen molar-refractivity contribution in [3.8, 4) is 0 Å². The Kier molecular flexibility index (Phi) is 3.63. The lowest BCUT2D eigenvalue weighted by Crippen LogP contribution is -1.97. The Morgan fingerprint density at radius 2 is 1.42 bits per heavy atom. The smallest absolute Gasteiger partial charge is 0.0697 e. The summed E-state index contributed by atoms with van der Waals surface area (Å²) in [5, 5.41) is 0. The maximum absolute atomic E-state index is 2.29. The second-order valence-electron chi connectivity index (χ2n) is 2.98. The third kappa shape index (κ3) is 2.25. The molecule has 0 N–H and O–H groups in total. The lowest BCUT2D eigenvalue weighted by atomic mass is 10.1. The Morgan fingerprint density at radius 3 is 1.75 bits per heavy atom. The molecule has 0 spiro atoms. The van der Waals surface area contributed by atoms with Crippen LogP contribution in [0.2, 0.25) is 0 Å². The highest BCUT2D eigenvalue weighted by Gasteiger charge is 2.06. The maximum Gasteiger partial charge on any atom is 0.0697 e. The number of aryl methyl sites for hydroxylation is 3. The van der Waals surface area contributed by atoms with Gasteiger partial charge in [0.05, 0.1) is 51.4 Å². The second-order valence-corrected chi connectivity index (χ2v) is 6.76. The average Bonchev–Trinajstić information content (AvgIpc) is 1.82.